The van der Waals surface area contributed by atoms with E-state index in [9.17, 15) is 43.5 Å². The number of nitrogens with two attached hydrogens (primary N) is 1. The predicted molar refractivity (Wildman–Crippen MR) is 228 cm³/mol. The van der Waals surface area contributed by atoms with Crippen LogP contribution in [0.2, 0.25) is 0 Å². The molecule has 5 rings (SSSR count). The monoisotopic (exact) mass is 843 g/mol. The molecule has 62 heavy (non-hydrogen) atoms. The Morgan fingerprint density at radius 1 is 0.565 bits per heavy atom. The fourth-order valence-corrected chi connectivity index (χ4v) is 5.70. The van der Waals surface area contributed by atoms with Crippen molar-refractivity contribution in [3.8, 4) is 11.5 Å². The summed E-state index contributed by atoms with van der Waals surface area (Å²) in [6.45, 7) is 4.72. The van der Waals surface area contributed by atoms with E-state index in [0.717, 1.165) is 0 Å². The van der Waals surface area contributed by atoms with Crippen LogP contribution >= 0.6 is 0 Å². The summed E-state index contributed by atoms with van der Waals surface area (Å²) in [4.78, 5) is 99.7. The summed E-state index contributed by atoms with van der Waals surface area (Å²) in [5, 5.41) is 35.8. The molecule has 1 atom stereocenters. The van der Waals surface area contributed by atoms with Crippen LogP contribution in [0, 0.1) is 0 Å². The van der Waals surface area contributed by atoms with Crippen molar-refractivity contribution >= 4 is 75.8 Å². The van der Waals surface area contributed by atoms with Crippen molar-refractivity contribution in [2.45, 2.75) is 39.3 Å². The number of carboxylic acids is 1. The number of carboxylic acid groups (broad SMARTS) is 1. The van der Waals surface area contributed by atoms with E-state index in [0.29, 0.717) is 16.9 Å². The number of aromatic hydroxyl groups is 1. The molecule has 0 unspecified atom stereocenters. The molecule has 0 heterocycles. The smallest absolute Gasteiger partial charge is 0.335 e. The van der Waals surface area contributed by atoms with Crippen molar-refractivity contribution in [1.29, 1.82) is 0 Å². The zero-order valence-electron chi connectivity index (χ0n) is 33.4. The first-order chi connectivity index (χ1) is 29.5. The molecule has 18 nitrogen and oxygen atoms in total. The fourth-order valence-electron chi connectivity index (χ4n) is 5.70. The number of ether oxygens (including phenoxy) is 1. The van der Waals surface area contributed by atoms with E-state index in [1.54, 1.807) is 26.0 Å². The maximum Gasteiger partial charge on any atom is 0.335 e. The average Bonchev–Trinajstić information content (AvgIpc) is 3.22. The Balaban J connectivity index is 1.20. The third kappa shape index (κ3) is 12.0. The number of hydrogen-bond donors (Lipinski definition) is 9. The fraction of sp³-hybridized carbons (Fsp3) is 0.136. The second-order valence-corrected chi connectivity index (χ2v) is 13.8. The van der Waals surface area contributed by atoms with E-state index in [4.69, 9.17) is 15.6 Å². The molecule has 0 saturated carbocycles. The third-order valence-corrected chi connectivity index (χ3v) is 8.68. The summed E-state index contributed by atoms with van der Waals surface area (Å²) in [5.74, 6) is -6.30. The van der Waals surface area contributed by atoms with Gasteiger partial charge in [-0.2, -0.15) is 0 Å². The first-order valence-electron chi connectivity index (χ1n) is 18.7. The largest absolute Gasteiger partial charge is 0.504 e. The van der Waals surface area contributed by atoms with E-state index < -0.39 is 65.7 Å². The molecule has 0 radical (unpaired) electrons. The summed E-state index contributed by atoms with van der Waals surface area (Å²) in [6, 6.07) is 24.2. The van der Waals surface area contributed by atoms with Gasteiger partial charge < -0.3 is 52.6 Å². The van der Waals surface area contributed by atoms with Gasteiger partial charge in [-0.05, 0) is 123 Å². The summed E-state index contributed by atoms with van der Waals surface area (Å²) in [5.41, 5.74) is 7.17. The van der Waals surface area contributed by atoms with Gasteiger partial charge in [-0.25, -0.2) is 4.79 Å². The standard InChI is InChI=1S/C44H41N7O11/c1-23(2)62-38-34(21-20-33(37(38)54)42(58)48-31-18-10-28(11-19-31)44(60)61)50-40(56)26-8-16-32(17-9-26)49-43(59)35(22-36(45)53)51-41(57)27-6-14-30(15-7-27)47-39(55)25-4-12-29(13-5-25)46-24(3)52/h4-21,23,35,54H,22H2,1-3H3,(H2,45,53)(H,46,52)(H,47,55)(H,48,58)(H,49,59)(H,50,56)(H,51,57)(H,60,61)/t35-/m0/s1. The van der Waals surface area contributed by atoms with Gasteiger partial charge in [-0.3, -0.25) is 33.6 Å². The Morgan fingerprint density at radius 2 is 1.00 bits per heavy atom. The maximum atomic E-state index is 13.3. The zero-order valence-corrected chi connectivity index (χ0v) is 33.4. The van der Waals surface area contributed by atoms with Crippen LogP contribution in [-0.4, -0.2) is 69.7 Å². The normalized spacial score (nSPS) is 11.0. The molecule has 0 aliphatic heterocycles. The van der Waals surface area contributed by atoms with Gasteiger partial charge in [0, 0.05) is 46.4 Å². The number of nitrogens with one attached hydrogen (secondary N) is 6. The van der Waals surface area contributed by atoms with Crippen molar-refractivity contribution in [1.82, 2.24) is 5.32 Å². The molecule has 0 aliphatic rings. The Morgan fingerprint density at radius 3 is 1.47 bits per heavy atom. The molecular formula is C44H41N7O11. The zero-order chi connectivity index (χ0) is 45.1. The Kier molecular flexibility index (Phi) is 14.3. The highest BCUT2D eigenvalue weighted by Gasteiger charge is 2.25. The van der Waals surface area contributed by atoms with Gasteiger partial charge >= 0.3 is 5.97 Å². The van der Waals surface area contributed by atoms with Crippen molar-refractivity contribution in [3.05, 3.63) is 137 Å². The lowest BCUT2D eigenvalue weighted by molar-refractivity contribution is -0.123. The summed E-state index contributed by atoms with van der Waals surface area (Å²) >= 11 is 0. The average molecular weight is 844 g/mol. The molecule has 10 N–H and O–H groups in total. The molecule has 7 amide bonds. The number of rotatable bonds is 16. The second kappa shape index (κ2) is 19.9. The molecule has 0 spiro atoms. The molecule has 5 aromatic carbocycles. The molecule has 0 aromatic heterocycles. The van der Waals surface area contributed by atoms with Gasteiger partial charge in [0.15, 0.2) is 11.5 Å². The molecular weight excluding hydrogens is 803 g/mol. The number of aromatic carboxylic acids is 1. The van der Waals surface area contributed by atoms with Crippen LogP contribution in [0.1, 0.15) is 79.0 Å². The minimum atomic E-state index is -1.39. The number of primary amides is 1. The van der Waals surface area contributed by atoms with E-state index >= 15 is 0 Å². The minimum absolute atomic E-state index is 0.0189. The Bertz CT molecular complexity index is 2520. The maximum absolute atomic E-state index is 13.3. The number of carbonyl (C=O) groups is 8. The SMILES string of the molecule is CC(=O)Nc1ccc(C(=O)Nc2ccc(C(=O)N[C@@H](CC(N)=O)C(=O)Nc3ccc(C(=O)Nc4ccc(C(=O)Nc5ccc(C(=O)O)cc5)c(O)c4OC(C)C)cc3)cc2)cc1. The van der Waals surface area contributed by atoms with Crippen LogP contribution in [-0.2, 0) is 14.4 Å². The molecule has 18 heteroatoms. The van der Waals surface area contributed by atoms with Crippen LogP contribution in [0.5, 0.6) is 11.5 Å². The lowest BCUT2D eigenvalue weighted by Crippen LogP contribution is -2.46. The number of phenols is 1. The minimum Gasteiger partial charge on any atom is -0.504 e. The van der Waals surface area contributed by atoms with Crippen molar-refractivity contribution in [3.63, 3.8) is 0 Å². The highest BCUT2D eigenvalue weighted by Crippen LogP contribution is 2.39. The lowest BCUT2D eigenvalue weighted by atomic mass is 10.1. The van der Waals surface area contributed by atoms with Crippen LogP contribution in [0.4, 0.5) is 28.4 Å². The molecule has 5 aromatic rings. The van der Waals surface area contributed by atoms with E-state index in [-0.39, 0.29) is 51.0 Å². The number of hydrogen-bond acceptors (Lipinski definition) is 10. The number of amides is 7. The van der Waals surface area contributed by atoms with Crippen molar-refractivity contribution in [2.24, 2.45) is 5.73 Å². The highest BCUT2D eigenvalue weighted by molar-refractivity contribution is 6.10. The van der Waals surface area contributed by atoms with Gasteiger partial charge in [0.1, 0.15) is 6.04 Å². The number of anilines is 5. The van der Waals surface area contributed by atoms with Gasteiger partial charge in [0.05, 0.1) is 29.3 Å². The van der Waals surface area contributed by atoms with Gasteiger partial charge in [-0.15, -0.1) is 0 Å². The second-order valence-electron chi connectivity index (χ2n) is 13.8. The third-order valence-electron chi connectivity index (χ3n) is 8.68. The Hall–Kier alpha value is -8.54. The number of benzene rings is 5. The topological polar surface area (TPSA) is 284 Å². The van der Waals surface area contributed by atoms with Crippen LogP contribution in [0.3, 0.4) is 0 Å². The van der Waals surface area contributed by atoms with E-state index in [1.165, 1.54) is 104 Å². The van der Waals surface area contributed by atoms with Crippen molar-refractivity contribution in [2.75, 3.05) is 26.6 Å². The van der Waals surface area contributed by atoms with Gasteiger partial charge in [0.25, 0.3) is 23.6 Å². The van der Waals surface area contributed by atoms with Crippen molar-refractivity contribution < 1.29 is 53.3 Å². The van der Waals surface area contributed by atoms with E-state index in [2.05, 4.69) is 31.9 Å². The molecule has 0 fully saturated rings. The summed E-state index contributed by atoms with van der Waals surface area (Å²) in [7, 11) is 0. The van der Waals surface area contributed by atoms with Gasteiger partial charge in [-0.1, -0.05) is 0 Å². The molecule has 0 saturated heterocycles. The quantitative estimate of drug-likeness (QED) is 0.0622. The molecule has 0 bridgehead atoms. The van der Waals surface area contributed by atoms with Crippen LogP contribution in [0.15, 0.2) is 109 Å². The van der Waals surface area contributed by atoms with Crippen LogP contribution < -0.4 is 42.4 Å². The summed E-state index contributed by atoms with van der Waals surface area (Å²) < 4.78 is 5.77. The summed E-state index contributed by atoms with van der Waals surface area (Å²) in [6.07, 6.45) is -1.03. The lowest BCUT2D eigenvalue weighted by Gasteiger charge is -2.19. The predicted octanol–water partition coefficient (Wildman–Crippen LogP) is 5.21. The first-order valence-corrected chi connectivity index (χ1v) is 18.7. The van der Waals surface area contributed by atoms with Crippen LogP contribution in [0.25, 0.3) is 0 Å². The molecule has 318 valence electrons. The first kappa shape index (κ1) is 44.6. The Labute approximate surface area is 353 Å². The van der Waals surface area contributed by atoms with Gasteiger partial charge in [0.2, 0.25) is 17.7 Å². The number of phenolic OH excluding ortho intramolecular Hbond substituents is 1. The van der Waals surface area contributed by atoms with E-state index in [1.807, 2.05) is 0 Å². The number of carbonyl (C=O) groups excluding carboxylic acids is 7. The highest BCUT2D eigenvalue weighted by atomic mass is 16.5. The molecule has 0 aliphatic carbocycles.